The first kappa shape index (κ1) is 20.0. The van der Waals surface area contributed by atoms with Gasteiger partial charge in [-0.25, -0.2) is 0 Å². The molecule has 0 amide bonds. The molecule has 0 aliphatic heterocycles. The van der Waals surface area contributed by atoms with E-state index in [1.54, 1.807) is 12.1 Å². The molecule has 0 bridgehead atoms. The van der Waals surface area contributed by atoms with Crippen molar-refractivity contribution in [3.05, 3.63) is 65.7 Å². The highest BCUT2D eigenvalue weighted by atomic mass is 16.6. The fraction of sp³-hybridized carbons (Fsp3) is 0.435. The Morgan fingerprint density at radius 3 is 2.23 bits per heavy atom. The van der Waals surface area contributed by atoms with Crippen LogP contribution in [-0.4, -0.2) is 16.7 Å². The lowest BCUT2D eigenvalue weighted by Crippen LogP contribution is -2.28. The molecule has 0 spiro atoms. The SMILES string of the molecule is CC(CC(CCc1ccc(O)cc1)c1ccccc1)C(=O)OC(C)(C)C. The normalized spacial score (nSPS) is 13.8. The summed E-state index contributed by atoms with van der Waals surface area (Å²) in [5.74, 6) is 0.279. The zero-order valence-electron chi connectivity index (χ0n) is 16.2. The minimum Gasteiger partial charge on any atom is -0.508 e. The smallest absolute Gasteiger partial charge is 0.309 e. The second kappa shape index (κ2) is 8.88. The van der Waals surface area contributed by atoms with Gasteiger partial charge in [0.2, 0.25) is 0 Å². The van der Waals surface area contributed by atoms with Crippen LogP contribution in [0.1, 0.15) is 57.6 Å². The highest BCUT2D eigenvalue weighted by molar-refractivity contribution is 5.72. The molecule has 0 aliphatic carbocycles. The van der Waals surface area contributed by atoms with Gasteiger partial charge >= 0.3 is 5.97 Å². The van der Waals surface area contributed by atoms with Crippen molar-refractivity contribution in [3.8, 4) is 5.75 Å². The molecule has 2 rings (SSSR count). The van der Waals surface area contributed by atoms with Gasteiger partial charge in [-0.05, 0) is 69.2 Å². The summed E-state index contributed by atoms with van der Waals surface area (Å²) >= 11 is 0. The van der Waals surface area contributed by atoms with Gasteiger partial charge in [-0.1, -0.05) is 49.4 Å². The van der Waals surface area contributed by atoms with Crippen LogP contribution >= 0.6 is 0 Å². The van der Waals surface area contributed by atoms with Gasteiger partial charge in [0.05, 0.1) is 5.92 Å². The average molecular weight is 354 g/mol. The lowest BCUT2D eigenvalue weighted by atomic mass is 9.85. The van der Waals surface area contributed by atoms with Gasteiger partial charge in [0.15, 0.2) is 0 Å². The van der Waals surface area contributed by atoms with Gasteiger partial charge in [0, 0.05) is 0 Å². The molecule has 0 saturated heterocycles. The van der Waals surface area contributed by atoms with E-state index in [2.05, 4.69) is 12.1 Å². The second-order valence-electron chi connectivity index (χ2n) is 7.98. The Labute approximate surface area is 157 Å². The maximum atomic E-state index is 12.4. The number of esters is 1. The Morgan fingerprint density at radius 1 is 1.04 bits per heavy atom. The van der Waals surface area contributed by atoms with Crippen LogP contribution in [-0.2, 0) is 16.0 Å². The summed E-state index contributed by atoms with van der Waals surface area (Å²) in [7, 11) is 0. The van der Waals surface area contributed by atoms with Crippen LogP contribution in [0.15, 0.2) is 54.6 Å². The molecule has 0 aromatic heterocycles. The van der Waals surface area contributed by atoms with Crippen molar-refractivity contribution in [2.24, 2.45) is 5.92 Å². The van der Waals surface area contributed by atoms with E-state index in [-0.39, 0.29) is 23.6 Å². The van der Waals surface area contributed by atoms with Crippen LogP contribution < -0.4 is 0 Å². The molecule has 1 N–H and O–H groups in total. The Kier molecular flexibility index (Phi) is 6.84. The van der Waals surface area contributed by atoms with Crippen molar-refractivity contribution in [2.45, 2.75) is 58.5 Å². The summed E-state index contributed by atoms with van der Waals surface area (Å²) < 4.78 is 5.55. The summed E-state index contributed by atoms with van der Waals surface area (Å²) in [6, 6.07) is 17.7. The number of hydrogen-bond donors (Lipinski definition) is 1. The number of carbonyl (C=O) groups is 1. The van der Waals surface area contributed by atoms with Crippen LogP contribution in [0.25, 0.3) is 0 Å². The number of hydrogen-bond acceptors (Lipinski definition) is 3. The Hall–Kier alpha value is -2.29. The van der Waals surface area contributed by atoms with E-state index < -0.39 is 5.60 Å². The van der Waals surface area contributed by atoms with Gasteiger partial charge in [-0.2, -0.15) is 0 Å². The Balaban J connectivity index is 2.06. The van der Waals surface area contributed by atoms with Crippen LogP contribution in [0.5, 0.6) is 5.75 Å². The molecule has 26 heavy (non-hydrogen) atoms. The fourth-order valence-electron chi connectivity index (χ4n) is 3.07. The minimum absolute atomic E-state index is 0.136. The largest absolute Gasteiger partial charge is 0.508 e. The van der Waals surface area contributed by atoms with E-state index in [4.69, 9.17) is 4.74 Å². The van der Waals surface area contributed by atoms with Crippen molar-refractivity contribution in [2.75, 3.05) is 0 Å². The van der Waals surface area contributed by atoms with E-state index in [1.807, 2.05) is 58.0 Å². The van der Waals surface area contributed by atoms with Gasteiger partial charge in [-0.15, -0.1) is 0 Å². The predicted octanol–water partition coefficient (Wildman–Crippen LogP) is 5.48. The molecule has 3 heteroatoms. The van der Waals surface area contributed by atoms with Crippen LogP contribution in [0, 0.1) is 5.92 Å². The first-order chi connectivity index (χ1) is 12.2. The molecule has 0 fully saturated rings. The second-order valence-corrected chi connectivity index (χ2v) is 7.98. The molecule has 0 radical (unpaired) electrons. The zero-order chi connectivity index (χ0) is 19.2. The first-order valence-electron chi connectivity index (χ1n) is 9.30. The summed E-state index contributed by atoms with van der Waals surface area (Å²) in [6.45, 7) is 7.65. The number of aromatic hydroxyl groups is 1. The highest BCUT2D eigenvalue weighted by Gasteiger charge is 2.25. The third-order valence-electron chi connectivity index (χ3n) is 4.44. The Bertz CT molecular complexity index is 684. The molecular weight excluding hydrogens is 324 g/mol. The zero-order valence-corrected chi connectivity index (χ0v) is 16.2. The van der Waals surface area contributed by atoms with Crippen molar-refractivity contribution < 1.29 is 14.6 Å². The van der Waals surface area contributed by atoms with Crippen molar-refractivity contribution >= 4 is 5.97 Å². The predicted molar refractivity (Wildman–Crippen MR) is 105 cm³/mol. The third-order valence-corrected chi connectivity index (χ3v) is 4.44. The monoisotopic (exact) mass is 354 g/mol. The van der Waals surface area contributed by atoms with E-state index in [0.717, 1.165) is 19.3 Å². The highest BCUT2D eigenvalue weighted by Crippen LogP contribution is 2.30. The number of carbonyl (C=O) groups excluding carboxylic acids is 1. The van der Waals surface area contributed by atoms with Crippen molar-refractivity contribution in [3.63, 3.8) is 0 Å². The molecule has 0 saturated carbocycles. The van der Waals surface area contributed by atoms with Gasteiger partial charge in [-0.3, -0.25) is 4.79 Å². The average Bonchev–Trinajstić information content (AvgIpc) is 2.59. The molecule has 3 nitrogen and oxygen atoms in total. The summed E-state index contributed by atoms with van der Waals surface area (Å²) in [5.41, 5.74) is 1.98. The van der Waals surface area contributed by atoms with Crippen LogP contribution in [0.2, 0.25) is 0 Å². The Morgan fingerprint density at radius 2 is 1.65 bits per heavy atom. The molecular formula is C23H30O3. The maximum absolute atomic E-state index is 12.4. The molecule has 140 valence electrons. The standard InChI is InChI=1S/C23H30O3/c1-17(22(25)26-23(2,3)4)16-20(19-8-6-5-7-9-19)13-10-18-11-14-21(24)15-12-18/h5-9,11-12,14-15,17,20,24H,10,13,16H2,1-4H3. The molecule has 0 aliphatic rings. The number of ether oxygens (including phenoxy) is 1. The van der Waals surface area contributed by atoms with Crippen molar-refractivity contribution in [1.29, 1.82) is 0 Å². The number of aryl methyl sites for hydroxylation is 1. The topological polar surface area (TPSA) is 46.5 Å². The molecule has 0 heterocycles. The van der Waals surface area contributed by atoms with E-state index >= 15 is 0 Å². The lowest BCUT2D eigenvalue weighted by Gasteiger charge is -2.25. The van der Waals surface area contributed by atoms with Gasteiger partial charge in [0.1, 0.15) is 11.4 Å². The molecule has 2 unspecified atom stereocenters. The number of rotatable bonds is 7. The maximum Gasteiger partial charge on any atom is 0.309 e. The summed E-state index contributed by atoms with van der Waals surface area (Å²) in [6.07, 6.45) is 2.61. The quantitative estimate of drug-likeness (QED) is 0.670. The van der Waals surface area contributed by atoms with Crippen LogP contribution in [0.3, 0.4) is 0 Å². The van der Waals surface area contributed by atoms with E-state index in [9.17, 15) is 9.90 Å². The summed E-state index contributed by atoms with van der Waals surface area (Å²) in [5, 5.41) is 9.43. The van der Waals surface area contributed by atoms with E-state index in [1.165, 1.54) is 11.1 Å². The van der Waals surface area contributed by atoms with Crippen LogP contribution in [0.4, 0.5) is 0 Å². The number of phenolic OH excluding ortho intramolecular Hbond substituents is 1. The minimum atomic E-state index is -0.459. The number of phenols is 1. The lowest BCUT2D eigenvalue weighted by molar-refractivity contribution is -0.159. The first-order valence-corrected chi connectivity index (χ1v) is 9.30. The molecule has 2 aromatic rings. The van der Waals surface area contributed by atoms with Gasteiger partial charge in [0.25, 0.3) is 0 Å². The summed E-state index contributed by atoms with van der Waals surface area (Å²) in [4.78, 5) is 12.4. The number of benzene rings is 2. The fourth-order valence-corrected chi connectivity index (χ4v) is 3.07. The van der Waals surface area contributed by atoms with Crippen molar-refractivity contribution in [1.82, 2.24) is 0 Å². The molecule has 2 atom stereocenters. The van der Waals surface area contributed by atoms with E-state index in [0.29, 0.717) is 0 Å². The molecule has 2 aromatic carbocycles. The van der Waals surface area contributed by atoms with Gasteiger partial charge < -0.3 is 9.84 Å². The third kappa shape index (κ3) is 6.55.